The lowest BCUT2D eigenvalue weighted by Crippen LogP contribution is -2.18. The summed E-state index contributed by atoms with van der Waals surface area (Å²) in [6.45, 7) is 1.33. The molecule has 3 rings (SSSR count). The zero-order chi connectivity index (χ0) is 23.6. The van der Waals surface area contributed by atoms with Crippen LogP contribution in [0, 0.1) is 11.6 Å². The smallest absolute Gasteiger partial charge is 0.331 e. The van der Waals surface area contributed by atoms with Crippen LogP contribution in [0.1, 0.15) is 29.0 Å². The van der Waals surface area contributed by atoms with E-state index >= 15 is 0 Å². The Morgan fingerprint density at radius 3 is 2.34 bits per heavy atom. The first-order chi connectivity index (χ1) is 15.0. The summed E-state index contributed by atoms with van der Waals surface area (Å²) in [5.74, 6) is -3.00. The van der Waals surface area contributed by atoms with E-state index in [-0.39, 0.29) is 31.8 Å². The Kier molecular flexibility index (Phi) is 6.97. The van der Waals surface area contributed by atoms with Crippen LogP contribution < -0.4 is 0 Å². The van der Waals surface area contributed by atoms with Gasteiger partial charge < -0.3 is 5.11 Å². The molecule has 0 aliphatic heterocycles. The molecule has 0 saturated carbocycles. The highest BCUT2D eigenvalue weighted by molar-refractivity contribution is 7.92. The van der Waals surface area contributed by atoms with Gasteiger partial charge in [-0.2, -0.15) is 0 Å². The number of nitrogens with zero attached hydrogens (tertiary/aromatic N) is 1. The molecule has 0 aliphatic carbocycles. The van der Waals surface area contributed by atoms with Gasteiger partial charge in [0.1, 0.15) is 16.9 Å². The van der Waals surface area contributed by atoms with Gasteiger partial charge in [0.15, 0.2) is 9.84 Å². The predicted molar refractivity (Wildman–Crippen MR) is 117 cm³/mol. The Hall–Kier alpha value is -2.81. The molecule has 2 aromatic carbocycles. The minimum Gasteiger partial charge on any atom is -0.478 e. The zero-order valence-electron chi connectivity index (χ0n) is 16.4. The molecular weight excluding hydrogens is 483 g/mol. The number of hydrogen-bond acceptors (Lipinski definition) is 4. The maximum absolute atomic E-state index is 14.8. The molecule has 0 radical (unpaired) electrons. The molecule has 1 N–H and O–H groups in total. The van der Waals surface area contributed by atoms with Crippen molar-refractivity contribution in [3.63, 3.8) is 0 Å². The number of carbonyl (C=O) groups is 1. The number of sulfone groups is 1. The average Bonchev–Trinajstić information content (AvgIpc) is 2.73. The van der Waals surface area contributed by atoms with Crippen LogP contribution in [0.3, 0.4) is 0 Å². The quantitative estimate of drug-likeness (QED) is 0.440. The molecule has 1 atom stereocenters. The number of pyridine rings is 1. The molecule has 1 aromatic heterocycles. The third-order valence-electron chi connectivity index (χ3n) is 4.58. The third kappa shape index (κ3) is 4.98. The third-order valence-corrected chi connectivity index (χ3v) is 7.21. The van der Waals surface area contributed by atoms with Gasteiger partial charge in [-0.3, -0.25) is 4.98 Å². The second-order valence-electron chi connectivity index (χ2n) is 6.81. The van der Waals surface area contributed by atoms with E-state index < -0.39 is 38.3 Å². The number of aliphatic carboxylic acids is 1. The van der Waals surface area contributed by atoms with E-state index in [0.717, 1.165) is 24.4 Å². The molecule has 32 heavy (non-hydrogen) atoms. The lowest BCUT2D eigenvalue weighted by Gasteiger charge is -2.21. The number of carboxylic acids is 1. The predicted octanol–water partition coefficient (Wildman–Crippen LogP) is 5.72. The molecule has 0 saturated heterocycles. The van der Waals surface area contributed by atoms with Crippen molar-refractivity contribution in [1.82, 2.24) is 4.98 Å². The Labute approximate surface area is 192 Å². The summed E-state index contributed by atoms with van der Waals surface area (Å²) in [5.41, 5.74) is -0.541. The average molecular weight is 498 g/mol. The molecule has 3 aromatic rings. The van der Waals surface area contributed by atoms with Crippen LogP contribution in [-0.4, -0.2) is 24.5 Å². The Balaban J connectivity index is 2.31. The first-order valence-electron chi connectivity index (χ1n) is 9.02. The van der Waals surface area contributed by atoms with Gasteiger partial charge in [-0.1, -0.05) is 23.2 Å². The van der Waals surface area contributed by atoms with Crippen molar-refractivity contribution in [2.24, 2.45) is 0 Å². The van der Waals surface area contributed by atoms with Gasteiger partial charge in [-0.25, -0.2) is 22.0 Å². The molecule has 0 fully saturated rings. The fourth-order valence-electron chi connectivity index (χ4n) is 3.01. The summed E-state index contributed by atoms with van der Waals surface area (Å²) < 4.78 is 55.9. The van der Waals surface area contributed by atoms with Crippen molar-refractivity contribution in [3.05, 3.63) is 98.8 Å². The maximum atomic E-state index is 14.8. The number of aromatic nitrogens is 1. The number of halogens is 4. The lowest BCUT2D eigenvalue weighted by molar-refractivity contribution is -0.132. The van der Waals surface area contributed by atoms with E-state index in [1.54, 1.807) is 0 Å². The van der Waals surface area contributed by atoms with Crippen molar-refractivity contribution in [2.75, 3.05) is 0 Å². The van der Waals surface area contributed by atoms with Crippen molar-refractivity contribution < 1.29 is 27.1 Å². The van der Waals surface area contributed by atoms with E-state index in [4.69, 9.17) is 28.3 Å². The van der Waals surface area contributed by atoms with E-state index in [9.17, 15) is 22.0 Å². The molecule has 0 aliphatic rings. The molecule has 10 heteroatoms. The first kappa shape index (κ1) is 23.8. The maximum Gasteiger partial charge on any atom is 0.331 e. The topological polar surface area (TPSA) is 84.3 Å². The number of rotatable bonds is 6. The molecule has 1 unspecified atom stereocenters. The monoisotopic (exact) mass is 497 g/mol. The summed E-state index contributed by atoms with van der Waals surface area (Å²) in [4.78, 5) is 14.9. The van der Waals surface area contributed by atoms with Crippen LogP contribution in [0.25, 0.3) is 6.08 Å². The fourth-order valence-corrected chi connectivity index (χ4v) is 5.25. The molecule has 0 amide bonds. The minimum atomic E-state index is -4.36. The second-order valence-corrected chi connectivity index (χ2v) is 9.68. The van der Waals surface area contributed by atoms with Gasteiger partial charge in [0.2, 0.25) is 0 Å². The lowest BCUT2D eigenvalue weighted by atomic mass is 10.0. The van der Waals surface area contributed by atoms with Crippen molar-refractivity contribution in [3.8, 4) is 0 Å². The van der Waals surface area contributed by atoms with Crippen LogP contribution in [0.4, 0.5) is 8.78 Å². The van der Waals surface area contributed by atoms with Gasteiger partial charge in [0, 0.05) is 22.4 Å². The number of carboxylic acid groups (broad SMARTS) is 1. The fraction of sp³-hybridized carbons (Fsp3) is 0.0909. The molecular formula is C22H15Cl2F2NO4S. The van der Waals surface area contributed by atoms with Crippen LogP contribution in [0.15, 0.2) is 65.2 Å². The standard InChI is InChI=1S/C22H15Cl2F2NO4S/c1-12(22(28)29)8-15-10-17(19(24)11-27-15)21(18-9-14(25)4-7-20(18)26)32(30,31)16-5-2-13(23)3-6-16/h2-11,21H,1H3,(H,28,29)/b12-8+. The highest BCUT2D eigenvalue weighted by Crippen LogP contribution is 2.40. The minimum absolute atomic E-state index is 0.0696. The van der Waals surface area contributed by atoms with Crippen LogP contribution in [0.5, 0.6) is 0 Å². The zero-order valence-corrected chi connectivity index (χ0v) is 18.7. The van der Waals surface area contributed by atoms with Gasteiger partial charge in [0.05, 0.1) is 15.6 Å². The van der Waals surface area contributed by atoms with Crippen molar-refractivity contribution in [2.45, 2.75) is 17.1 Å². The first-order valence-corrected chi connectivity index (χ1v) is 11.3. The number of hydrogen-bond donors (Lipinski definition) is 1. The second kappa shape index (κ2) is 9.36. The van der Waals surface area contributed by atoms with E-state index in [2.05, 4.69) is 4.98 Å². The van der Waals surface area contributed by atoms with Crippen LogP contribution in [-0.2, 0) is 14.6 Å². The highest BCUT2D eigenvalue weighted by atomic mass is 35.5. The summed E-state index contributed by atoms with van der Waals surface area (Å²) >= 11 is 12.1. The van der Waals surface area contributed by atoms with Gasteiger partial charge >= 0.3 is 5.97 Å². The summed E-state index contributed by atoms with van der Waals surface area (Å²) in [6.07, 6.45) is 2.33. The Morgan fingerprint density at radius 2 is 1.72 bits per heavy atom. The summed E-state index contributed by atoms with van der Waals surface area (Å²) in [7, 11) is -4.36. The Bertz CT molecular complexity index is 1330. The molecule has 166 valence electrons. The molecule has 0 bridgehead atoms. The van der Waals surface area contributed by atoms with Gasteiger partial charge in [-0.05, 0) is 67.1 Å². The van der Waals surface area contributed by atoms with Crippen LogP contribution in [0.2, 0.25) is 10.0 Å². The van der Waals surface area contributed by atoms with E-state index in [0.29, 0.717) is 0 Å². The number of benzene rings is 2. The highest BCUT2D eigenvalue weighted by Gasteiger charge is 2.35. The van der Waals surface area contributed by atoms with Crippen LogP contribution >= 0.6 is 23.2 Å². The summed E-state index contributed by atoms with van der Waals surface area (Å²) in [5, 5.41) is 7.52. The van der Waals surface area contributed by atoms with E-state index in [1.165, 1.54) is 43.3 Å². The SMILES string of the molecule is C/C(=C\c1cc(C(c2cc(F)ccc2F)S(=O)(=O)c2ccc(Cl)cc2)c(Cl)cn1)C(=O)O. The van der Waals surface area contributed by atoms with E-state index in [1.807, 2.05) is 0 Å². The normalized spacial score (nSPS) is 13.1. The summed E-state index contributed by atoms with van der Waals surface area (Å²) in [6, 6.07) is 8.89. The Morgan fingerprint density at radius 1 is 1.06 bits per heavy atom. The molecule has 0 spiro atoms. The van der Waals surface area contributed by atoms with Gasteiger partial charge in [0.25, 0.3) is 0 Å². The van der Waals surface area contributed by atoms with Crippen molar-refractivity contribution in [1.29, 1.82) is 0 Å². The van der Waals surface area contributed by atoms with Crippen molar-refractivity contribution >= 4 is 45.1 Å². The molecule has 1 heterocycles. The largest absolute Gasteiger partial charge is 0.478 e. The van der Waals surface area contributed by atoms with Gasteiger partial charge in [-0.15, -0.1) is 0 Å². The molecule has 5 nitrogen and oxygen atoms in total.